The summed E-state index contributed by atoms with van der Waals surface area (Å²) < 4.78 is 11.1. The summed E-state index contributed by atoms with van der Waals surface area (Å²) in [6.45, 7) is 6.93. The van der Waals surface area contributed by atoms with Crippen LogP contribution in [0.2, 0.25) is 0 Å². The van der Waals surface area contributed by atoms with Crippen LogP contribution in [0, 0.1) is 6.92 Å². The Hall–Kier alpha value is -1.01. The maximum absolute atomic E-state index is 5.57. The molecule has 0 aliphatic heterocycles. The molecule has 17 heavy (non-hydrogen) atoms. The van der Waals surface area contributed by atoms with Gasteiger partial charge in [0.15, 0.2) is 6.29 Å². The van der Waals surface area contributed by atoms with Crippen molar-refractivity contribution in [3.8, 4) is 0 Å². The van der Waals surface area contributed by atoms with E-state index in [0.717, 1.165) is 11.3 Å². The number of rotatable bonds is 7. The molecule has 0 radical (unpaired) electrons. The minimum atomic E-state index is -0.403. The van der Waals surface area contributed by atoms with Gasteiger partial charge in [0, 0.05) is 25.1 Å². The van der Waals surface area contributed by atoms with Gasteiger partial charge in [-0.2, -0.15) is 0 Å². The Morgan fingerprint density at radius 1 is 1.29 bits per heavy atom. The first-order valence-electron chi connectivity index (χ1n) is 5.84. The lowest BCUT2D eigenvalue weighted by Crippen LogP contribution is -2.39. The molecule has 1 rings (SSSR count). The highest BCUT2D eigenvalue weighted by molar-refractivity contribution is 5.17. The summed E-state index contributed by atoms with van der Waals surface area (Å²) in [5.74, 6) is 5.57. The van der Waals surface area contributed by atoms with Crippen molar-refractivity contribution in [2.75, 3.05) is 13.2 Å². The molecule has 1 unspecified atom stereocenters. The van der Waals surface area contributed by atoms with Gasteiger partial charge in [-0.1, -0.05) is 6.07 Å². The van der Waals surface area contributed by atoms with E-state index in [-0.39, 0.29) is 6.04 Å². The maximum atomic E-state index is 5.57. The summed E-state index contributed by atoms with van der Waals surface area (Å²) in [5.41, 5.74) is 4.63. The molecular weight excluding hydrogens is 218 g/mol. The van der Waals surface area contributed by atoms with Crippen molar-refractivity contribution in [1.29, 1.82) is 0 Å². The normalized spacial score (nSPS) is 13.0. The molecule has 0 aliphatic rings. The smallest absolute Gasteiger partial charge is 0.178 e. The van der Waals surface area contributed by atoms with E-state index in [1.807, 2.05) is 32.9 Å². The first-order chi connectivity index (χ1) is 8.22. The minimum Gasteiger partial charge on any atom is -0.351 e. The first-order valence-corrected chi connectivity index (χ1v) is 5.84. The topological polar surface area (TPSA) is 69.4 Å². The molecule has 0 aromatic carbocycles. The van der Waals surface area contributed by atoms with Gasteiger partial charge >= 0.3 is 0 Å². The number of nitrogens with two attached hydrogens (primary N) is 1. The van der Waals surface area contributed by atoms with Gasteiger partial charge in [0.1, 0.15) is 0 Å². The monoisotopic (exact) mass is 239 g/mol. The molecule has 1 atom stereocenters. The molecule has 5 heteroatoms. The van der Waals surface area contributed by atoms with Gasteiger partial charge in [-0.15, -0.1) is 0 Å². The van der Waals surface area contributed by atoms with Crippen LogP contribution < -0.4 is 11.3 Å². The molecule has 0 saturated carbocycles. The largest absolute Gasteiger partial charge is 0.351 e. The number of nitrogens with one attached hydrogen (secondary N) is 1. The zero-order chi connectivity index (χ0) is 12.7. The van der Waals surface area contributed by atoms with Crippen molar-refractivity contribution < 1.29 is 9.47 Å². The van der Waals surface area contributed by atoms with Crippen LogP contribution in [0.4, 0.5) is 0 Å². The predicted octanol–water partition coefficient (Wildman–Crippen LogP) is 1.29. The van der Waals surface area contributed by atoms with E-state index in [2.05, 4.69) is 10.4 Å². The van der Waals surface area contributed by atoms with E-state index in [0.29, 0.717) is 13.2 Å². The van der Waals surface area contributed by atoms with Crippen molar-refractivity contribution >= 4 is 0 Å². The highest BCUT2D eigenvalue weighted by Gasteiger charge is 2.23. The molecular formula is C12H21N3O2. The molecule has 0 bridgehead atoms. The molecule has 3 N–H and O–H groups in total. The number of nitrogens with zero attached hydrogens (tertiary/aromatic N) is 1. The Balaban J connectivity index is 2.83. The van der Waals surface area contributed by atoms with E-state index >= 15 is 0 Å². The molecule has 1 aromatic heterocycles. The molecule has 5 nitrogen and oxygen atoms in total. The molecule has 0 amide bonds. The third-order valence-electron chi connectivity index (χ3n) is 2.41. The Morgan fingerprint density at radius 3 is 2.35 bits per heavy atom. The number of aromatic nitrogens is 1. The van der Waals surface area contributed by atoms with E-state index in [9.17, 15) is 0 Å². The molecule has 0 fully saturated rings. The van der Waals surface area contributed by atoms with E-state index in [1.165, 1.54) is 0 Å². The third kappa shape index (κ3) is 4.05. The number of hydrogen-bond donors (Lipinski definition) is 2. The Bertz CT molecular complexity index is 310. The fourth-order valence-electron chi connectivity index (χ4n) is 1.56. The predicted molar refractivity (Wildman–Crippen MR) is 66.1 cm³/mol. The van der Waals surface area contributed by atoms with Crippen LogP contribution in [0.15, 0.2) is 18.3 Å². The molecule has 1 aromatic rings. The highest BCUT2D eigenvalue weighted by Crippen LogP contribution is 2.19. The second-order valence-corrected chi connectivity index (χ2v) is 3.66. The number of hydrazine groups is 1. The quantitative estimate of drug-likeness (QED) is 0.426. The minimum absolute atomic E-state index is 0.219. The van der Waals surface area contributed by atoms with Gasteiger partial charge in [-0.25, -0.2) is 5.43 Å². The van der Waals surface area contributed by atoms with Crippen molar-refractivity contribution in [1.82, 2.24) is 10.4 Å². The average Bonchev–Trinajstić information content (AvgIpc) is 2.33. The number of ether oxygens (including phenoxy) is 2. The van der Waals surface area contributed by atoms with Crippen LogP contribution in [0.25, 0.3) is 0 Å². The summed E-state index contributed by atoms with van der Waals surface area (Å²) in [7, 11) is 0. The highest BCUT2D eigenvalue weighted by atomic mass is 16.7. The summed E-state index contributed by atoms with van der Waals surface area (Å²) in [5, 5.41) is 0. The van der Waals surface area contributed by atoms with Gasteiger partial charge in [-0.05, 0) is 32.4 Å². The van der Waals surface area contributed by atoms with Gasteiger partial charge < -0.3 is 9.47 Å². The Kier molecular flexibility index (Phi) is 6.07. The maximum Gasteiger partial charge on any atom is 0.178 e. The van der Waals surface area contributed by atoms with Crippen LogP contribution in [0.5, 0.6) is 0 Å². The second-order valence-electron chi connectivity index (χ2n) is 3.66. The SMILES string of the molecule is CCOC(OCC)C(NN)c1ccc(C)nc1. The van der Waals surface area contributed by atoms with E-state index < -0.39 is 6.29 Å². The van der Waals surface area contributed by atoms with Gasteiger partial charge in [0.2, 0.25) is 0 Å². The standard InChI is InChI=1S/C12H21N3O2/c1-4-16-12(17-5-2)11(15-13)10-7-6-9(3)14-8-10/h6-8,11-12,15H,4-5,13H2,1-3H3. The Morgan fingerprint density at radius 2 is 1.94 bits per heavy atom. The molecule has 0 spiro atoms. The van der Waals surface area contributed by atoms with Crippen molar-refractivity contribution in [3.05, 3.63) is 29.6 Å². The number of hydrogen-bond acceptors (Lipinski definition) is 5. The van der Waals surface area contributed by atoms with Crippen molar-refractivity contribution in [2.45, 2.75) is 33.1 Å². The fraction of sp³-hybridized carbons (Fsp3) is 0.583. The summed E-state index contributed by atoms with van der Waals surface area (Å²) in [6.07, 6.45) is 1.38. The lowest BCUT2D eigenvalue weighted by atomic mass is 10.1. The van der Waals surface area contributed by atoms with Gasteiger partial charge in [0.05, 0.1) is 6.04 Å². The molecule has 0 aliphatic carbocycles. The van der Waals surface area contributed by atoms with Crippen LogP contribution in [-0.4, -0.2) is 24.5 Å². The number of pyridine rings is 1. The van der Waals surface area contributed by atoms with Crippen LogP contribution >= 0.6 is 0 Å². The zero-order valence-electron chi connectivity index (χ0n) is 10.6. The molecule has 0 saturated heterocycles. The summed E-state index contributed by atoms with van der Waals surface area (Å²) in [6, 6.07) is 3.69. The zero-order valence-corrected chi connectivity index (χ0v) is 10.6. The average molecular weight is 239 g/mol. The molecule has 96 valence electrons. The van der Waals surface area contributed by atoms with E-state index in [4.69, 9.17) is 15.3 Å². The van der Waals surface area contributed by atoms with Crippen LogP contribution in [0.3, 0.4) is 0 Å². The Labute approximate surface area is 102 Å². The summed E-state index contributed by atoms with van der Waals surface area (Å²) >= 11 is 0. The third-order valence-corrected chi connectivity index (χ3v) is 2.41. The fourth-order valence-corrected chi connectivity index (χ4v) is 1.56. The van der Waals surface area contributed by atoms with Crippen LogP contribution in [-0.2, 0) is 9.47 Å². The lowest BCUT2D eigenvalue weighted by molar-refractivity contribution is -0.155. The van der Waals surface area contributed by atoms with Gasteiger partial charge in [0.25, 0.3) is 0 Å². The van der Waals surface area contributed by atoms with E-state index in [1.54, 1.807) is 6.20 Å². The van der Waals surface area contributed by atoms with Crippen LogP contribution in [0.1, 0.15) is 31.1 Å². The van der Waals surface area contributed by atoms with Crippen molar-refractivity contribution in [2.24, 2.45) is 5.84 Å². The summed E-state index contributed by atoms with van der Waals surface area (Å²) in [4.78, 5) is 4.24. The number of aryl methyl sites for hydroxylation is 1. The molecule has 1 heterocycles. The van der Waals surface area contributed by atoms with Gasteiger partial charge in [-0.3, -0.25) is 10.8 Å². The first kappa shape index (κ1) is 14.1. The second kappa shape index (κ2) is 7.34. The van der Waals surface area contributed by atoms with Crippen molar-refractivity contribution in [3.63, 3.8) is 0 Å². The lowest BCUT2D eigenvalue weighted by Gasteiger charge is -2.26.